The maximum absolute atomic E-state index is 11.3. The van der Waals surface area contributed by atoms with Crippen LogP contribution in [0.1, 0.15) is 15.9 Å². The zero-order chi connectivity index (χ0) is 14.1. The second-order valence-corrected chi connectivity index (χ2v) is 5.28. The van der Waals surface area contributed by atoms with Crippen molar-refractivity contribution in [1.82, 2.24) is 4.57 Å². The van der Waals surface area contributed by atoms with E-state index in [1.807, 2.05) is 53.1 Å². The van der Waals surface area contributed by atoms with E-state index in [0.717, 1.165) is 22.8 Å². The fraction of sp³-hybridized carbons (Fsp3) is 0.0625. The van der Waals surface area contributed by atoms with Crippen molar-refractivity contribution >= 4 is 40.4 Å². The molecule has 3 rings (SSSR count). The third-order valence-electron chi connectivity index (χ3n) is 3.35. The van der Waals surface area contributed by atoms with Gasteiger partial charge < -0.3 is 4.57 Å². The van der Waals surface area contributed by atoms with Crippen molar-refractivity contribution in [1.29, 1.82) is 0 Å². The summed E-state index contributed by atoms with van der Waals surface area (Å²) in [5, 5.41) is 2.00. The Hall–Kier alpha value is -1.77. The van der Waals surface area contributed by atoms with Crippen LogP contribution in [-0.2, 0) is 6.54 Å². The number of benzene rings is 2. The summed E-state index contributed by atoms with van der Waals surface area (Å²) >= 11 is 12.5. The summed E-state index contributed by atoms with van der Waals surface area (Å²) in [7, 11) is 0. The van der Waals surface area contributed by atoms with E-state index in [1.54, 1.807) is 0 Å². The smallest absolute Gasteiger partial charge is 0.153 e. The van der Waals surface area contributed by atoms with E-state index >= 15 is 0 Å². The van der Waals surface area contributed by atoms with Gasteiger partial charge in [0, 0.05) is 10.4 Å². The van der Waals surface area contributed by atoms with E-state index in [-0.39, 0.29) is 0 Å². The number of carbonyl (C=O) groups excluding carboxylic acids is 1. The Morgan fingerprint density at radius 1 is 1.00 bits per heavy atom. The summed E-state index contributed by atoms with van der Waals surface area (Å²) in [4.78, 5) is 11.3. The molecule has 0 saturated heterocycles. The molecule has 1 aromatic heterocycles. The van der Waals surface area contributed by atoms with Crippen molar-refractivity contribution < 1.29 is 4.79 Å². The molecule has 0 bridgehead atoms. The summed E-state index contributed by atoms with van der Waals surface area (Å²) in [5.41, 5.74) is 2.42. The van der Waals surface area contributed by atoms with Gasteiger partial charge in [0.25, 0.3) is 0 Å². The van der Waals surface area contributed by atoms with Crippen LogP contribution in [0.4, 0.5) is 0 Å². The van der Waals surface area contributed by atoms with Gasteiger partial charge in [-0.3, -0.25) is 4.79 Å². The number of halogens is 2. The second kappa shape index (κ2) is 5.31. The molecule has 2 aromatic carbocycles. The molecule has 0 aliphatic heterocycles. The Morgan fingerprint density at radius 2 is 1.70 bits per heavy atom. The van der Waals surface area contributed by atoms with Crippen molar-refractivity contribution in [2.24, 2.45) is 0 Å². The summed E-state index contributed by atoms with van der Waals surface area (Å²) in [6, 6.07) is 15.3. The van der Waals surface area contributed by atoms with Crippen molar-refractivity contribution in [2.75, 3.05) is 0 Å². The Labute approximate surface area is 126 Å². The monoisotopic (exact) mass is 303 g/mol. The van der Waals surface area contributed by atoms with Crippen LogP contribution in [0.3, 0.4) is 0 Å². The number of rotatable bonds is 3. The van der Waals surface area contributed by atoms with E-state index in [1.165, 1.54) is 0 Å². The predicted octanol–water partition coefficient (Wildman–Crippen LogP) is 4.81. The number of aldehydes is 1. The lowest BCUT2D eigenvalue weighted by Gasteiger charge is -2.09. The quantitative estimate of drug-likeness (QED) is 0.636. The van der Waals surface area contributed by atoms with Gasteiger partial charge in [-0.1, -0.05) is 59.6 Å². The van der Waals surface area contributed by atoms with Crippen LogP contribution in [0.25, 0.3) is 10.9 Å². The van der Waals surface area contributed by atoms with Crippen molar-refractivity contribution in [2.45, 2.75) is 6.54 Å². The number of nitrogens with zero attached hydrogens (tertiary/aromatic N) is 1. The summed E-state index contributed by atoms with van der Waals surface area (Å²) in [5.74, 6) is 0. The minimum absolute atomic E-state index is 0.445. The van der Waals surface area contributed by atoms with Crippen molar-refractivity contribution in [3.8, 4) is 0 Å². The molecule has 0 atom stereocenters. The standard InChI is InChI=1S/C16H11Cl2NO/c17-14-7-3-1-5-11(14)9-19-15-8-4-2-6-12(15)13(10-20)16(19)18/h1-8,10H,9H2. The van der Waals surface area contributed by atoms with Gasteiger partial charge in [-0.15, -0.1) is 0 Å². The molecule has 0 aliphatic carbocycles. The number of para-hydroxylation sites is 1. The molecule has 0 N–H and O–H groups in total. The van der Waals surface area contributed by atoms with Gasteiger partial charge in [0.05, 0.1) is 17.6 Å². The number of carbonyl (C=O) groups is 1. The Balaban J connectivity index is 2.19. The molecule has 2 nitrogen and oxygen atoms in total. The van der Waals surface area contributed by atoms with Gasteiger partial charge in [-0.25, -0.2) is 0 Å². The highest BCUT2D eigenvalue weighted by molar-refractivity contribution is 6.34. The molecule has 0 unspecified atom stereocenters. The molecular weight excluding hydrogens is 293 g/mol. The lowest BCUT2D eigenvalue weighted by Crippen LogP contribution is -2.00. The molecule has 1 heterocycles. The van der Waals surface area contributed by atoms with E-state index in [9.17, 15) is 4.79 Å². The van der Waals surface area contributed by atoms with Gasteiger partial charge in [0.1, 0.15) is 5.15 Å². The molecule has 4 heteroatoms. The van der Waals surface area contributed by atoms with Crippen LogP contribution >= 0.6 is 23.2 Å². The van der Waals surface area contributed by atoms with Crippen LogP contribution in [0.2, 0.25) is 10.2 Å². The summed E-state index contributed by atoms with van der Waals surface area (Å²) in [6.45, 7) is 0.535. The predicted molar refractivity (Wildman–Crippen MR) is 82.9 cm³/mol. The van der Waals surface area contributed by atoms with E-state index in [4.69, 9.17) is 23.2 Å². The fourth-order valence-electron chi connectivity index (χ4n) is 2.36. The van der Waals surface area contributed by atoms with Crippen LogP contribution in [0.5, 0.6) is 0 Å². The minimum atomic E-state index is 0.445. The lowest BCUT2D eigenvalue weighted by molar-refractivity contribution is 0.112. The first-order valence-corrected chi connectivity index (χ1v) is 6.93. The largest absolute Gasteiger partial charge is 0.326 e. The third kappa shape index (κ3) is 2.11. The van der Waals surface area contributed by atoms with Gasteiger partial charge >= 0.3 is 0 Å². The van der Waals surface area contributed by atoms with E-state index in [0.29, 0.717) is 22.3 Å². The van der Waals surface area contributed by atoms with Crippen molar-refractivity contribution in [3.05, 3.63) is 69.8 Å². The second-order valence-electron chi connectivity index (χ2n) is 4.52. The number of hydrogen-bond acceptors (Lipinski definition) is 1. The van der Waals surface area contributed by atoms with Crippen molar-refractivity contribution in [3.63, 3.8) is 0 Å². The first kappa shape index (κ1) is 13.2. The SMILES string of the molecule is O=Cc1c(Cl)n(Cc2ccccc2Cl)c2ccccc12. The first-order chi connectivity index (χ1) is 9.72. The summed E-state index contributed by atoms with van der Waals surface area (Å²) < 4.78 is 1.90. The normalized spacial score (nSPS) is 10.9. The van der Waals surface area contributed by atoms with E-state index < -0.39 is 0 Å². The molecule has 0 radical (unpaired) electrons. The highest BCUT2D eigenvalue weighted by Gasteiger charge is 2.15. The number of fused-ring (bicyclic) bond motifs is 1. The first-order valence-electron chi connectivity index (χ1n) is 6.17. The van der Waals surface area contributed by atoms with Crippen LogP contribution in [0, 0.1) is 0 Å². The number of aromatic nitrogens is 1. The maximum Gasteiger partial charge on any atom is 0.153 e. The molecule has 100 valence electrons. The van der Waals surface area contributed by atoms with Gasteiger partial charge in [-0.05, 0) is 17.7 Å². The average molecular weight is 304 g/mol. The average Bonchev–Trinajstić information content (AvgIpc) is 2.74. The lowest BCUT2D eigenvalue weighted by atomic mass is 10.2. The van der Waals surface area contributed by atoms with Crippen LogP contribution < -0.4 is 0 Å². The van der Waals surface area contributed by atoms with Crippen LogP contribution in [0.15, 0.2) is 48.5 Å². The summed E-state index contributed by atoms with van der Waals surface area (Å²) in [6.07, 6.45) is 0.799. The van der Waals surface area contributed by atoms with Gasteiger partial charge in [0.2, 0.25) is 0 Å². The molecule has 3 aromatic rings. The number of hydrogen-bond donors (Lipinski definition) is 0. The topological polar surface area (TPSA) is 22.0 Å². The highest BCUT2D eigenvalue weighted by Crippen LogP contribution is 2.30. The molecule has 20 heavy (non-hydrogen) atoms. The minimum Gasteiger partial charge on any atom is -0.326 e. The molecular formula is C16H11Cl2NO. The molecule has 0 spiro atoms. The highest BCUT2D eigenvalue weighted by atomic mass is 35.5. The molecule has 0 saturated carbocycles. The van der Waals surface area contributed by atoms with Crippen LogP contribution in [-0.4, -0.2) is 10.9 Å². The Bertz CT molecular complexity index is 792. The Morgan fingerprint density at radius 3 is 2.45 bits per heavy atom. The molecule has 0 aliphatic rings. The zero-order valence-electron chi connectivity index (χ0n) is 10.5. The third-order valence-corrected chi connectivity index (χ3v) is 4.12. The van der Waals surface area contributed by atoms with Gasteiger partial charge in [0.15, 0.2) is 6.29 Å². The zero-order valence-corrected chi connectivity index (χ0v) is 12.0. The Kier molecular flexibility index (Phi) is 3.51. The molecule has 0 amide bonds. The fourth-order valence-corrected chi connectivity index (χ4v) is 2.86. The van der Waals surface area contributed by atoms with E-state index in [2.05, 4.69) is 0 Å². The molecule has 0 fully saturated rings. The maximum atomic E-state index is 11.3. The van der Waals surface area contributed by atoms with Gasteiger partial charge in [-0.2, -0.15) is 0 Å².